The normalized spacial score (nSPS) is 20.1. The Kier molecular flexibility index (Phi) is 8.09. The maximum absolute atomic E-state index is 5.43. The maximum Gasteiger partial charge on any atom is 0.232 e. The van der Waals surface area contributed by atoms with Crippen molar-refractivity contribution in [1.29, 1.82) is 0 Å². The number of aromatic nitrogens is 2. The van der Waals surface area contributed by atoms with Crippen LogP contribution in [0.2, 0.25) is 0 Å². The molecule has 0 radical (unpaired) electrons. The van der Waals surface area contributed by atoms with E-state index < -0.39 is 0 Å². The summed E-state index contributed by atoms with van der Waals surface area (Å²) < 4.78 is 5.08. The highest BCUT2D eigenvalue weighted by molar-refractivity contribution is 7.80. The van der Waals surface area contributed by atoms with Crippen LogP contribution in [0.1, 0.15) is 45.4 Å². The summed E-state index contributed by atoms with van der Waals surface area (Å²) >= 11 is 5.43. The number of methoxy groups -OCH3 is 1. The fraction of sp³-hybridized carbons (Fsp3) is 0.750. The Morgan fingerprint density at radius 1 is 1.14 bits per heavy atom. The van der Waals surface area contributed by atoms with E-state index in [0.717, 1.165) is 50.8 Å². The molecule has 3 heterocycles. The SMILES string of the molecule is COCCCNC(=S)Nc1nc(N2CCCCC2)cc(N2CCC[C@@H](C)C2)n1. The lowest BCUT2D eigenvalue weighted by Crippen LogP contribution is -2.36. The van der Waals surface area contributed by atoms with Gasteiger partial charge in [0.2, 0.25) is 5.95 Å². The molecule has 0 amide bonds. The molecule has 28 heavy (non-hydrogen) atoms. The van der Waals surface area contributed by atoms with E-state index in [1.54, 1.807) is 7.11 Å². The Morgan fingerprint density at radius 3 is 2.57 bits per heavy atom. The number of hydrogen-bond donors (Lipinski definition) is 2. The Bertz CT molecular complexity index is 637. The van der Waals surface area contributed by atoms with Gasteiger partial charge in [0.05, 0.1) is 0 Å². The third-order valence-corrected chi connectivity index (χ3v) is 5.64. The third-order valence-electron chi connectivity index (χ3n) is 5.40. The summed E-state index contributed by atoms with van der Waals surface area (Å²) in [5.74, 6) is 3.29. The van der Waals surface area contributed by atoms with Crippen LogP contribution in [0.25, 0.3) is 0 Å². The van der Waals surface area contributed by atoms with Gasteiger partial charge in [-0.1, -0.05) is 6.92 Å². The number of hydrogen-bond acceptors (Lipinski definition) is 6. The molecular weight excluding hydrogens is 372 g/mol. The molecule has 0 unspecified atom stereocenters. The molecular formula is C20H34N6OS. The smallest absolute Gasteiger partial charge is 0.232 e. The predicted molar refractivity (Wildman–Crippen MR) is 119 cm³/mol. The zero-order valence-electron chi connectivity index (χ0n) is 17.2. The van der Waals surface area contributed by atoms with Crippen LogP contribution in [0.4, 0.5) is 17.6 Å². The first-order chi connectivity index (χ1) is 13.7. The molecule has 1 atom stereocenters. The zero-order valence-corrected chi connectivity index (χ0v) is 18.1. The van der Waals surface area contributed by atoms with Gasteiger partial charge in [-0.25, -0.2) is 0 Å². The molecule has 8 heteroatoms. The minimum atomic E-state index is 0.560. The van der Waals surface area contributed by atoms with Crippen LogP contribution in [-0.2, 0) is 4.74 Å². The largest absolute Gasteiger partial charge is 0.385 e. The molecule has 2 saturated heterocycles. The molecule has 156 valence electrons. The van der Waals surface area contributed by atoms with Gasteiger partial charge >= 0.3 is 0 Å². The van der Waals surface area contributed by atoms with Crippen LogP contribution in [0.5, 0.6) is 0 Å². The number of anilines is 3. The van der Waals surface area contributed by atoms with Crippen molar-refractivity contribution in [2.24, 2.45) is 5.92 Å². The standard InChI is InChI=1S/C20H34N6OS/c1-16-8-6-12-26(15-16)18-14-17(25-10-4-3-5-11-25)22-19(23-18)24-20(28)21-9-7-13-27-2/h14,16H,3-13,15H2,1-2H3,(H2,21,22,23,24,28)/t16-/m1/s1. The van der Waals surface area contributed by atoms with Crippen molar-refractivity contribution in [3.8, 4) is 0 Å². The van der Waals surface area contributed by atoms with E-state index in [1.807, 2.05) is 0 Å². The maximum atomic E-state index is 5.43. The number of nitrogens with zero attached hydrogens (tertiary/aromatic N) is 4. The van der Waals surface area contributed by atoms with Crippen LogP contribution in [0.15, 0.2) is 6.07 Å². The fourth-order valence-corrected chi connectivity index (χ4v) is 4.08. The highest BCUT2D eigenvalue weighted by atomic mass is 32.1. The van der Waals surface area contributed by atoms with Gasteiger partial charge in [-0.2, -0.15) is 9.97 Å². The number of piperidine rings is 2. The summed E-state index contributed by atoms with van der Waals surface area (Å²) in [6.07, 6.45) is 7.17. The summed E-state index contributed by atoms with van der Waals surface area (Å²) in [6, 6.07) is 2.16. The molecule has 7 nitrogen and oxygen atoms in total. The van der Waals surface area contributed by atoms with Crippen molar-refractivity contribution in [3.63, 3.8) is 0 Å². The zero-order chi connectivity index (χ0) is 19.8. The van der Waals surface area contributed by atoms with E-state index in [1.165, 1.54) is 32.1 Å². The molecule has 0 saturated carbocycles. The second-order valence-corrected chi connectivity index (χ2v) is 8.28. The van der Waals surface area contributed by atoms with E-state index in [-0.39, 0.29) is 0 Å². The van der Waals surface area contributed by atoms with Crippen molar-refractivity contribution in [3.05, 3.63) is 6.07 Å². The van der Waals surface area contributed by atoms with E-state index in [0.29, 0.717) is 23.6 Å². The van der Waals surface area contributed by atoms with E-state index in [9.17, 15) is 0 Å². The average Bonchev–Trinajstić information content (AvgIpc) is 2.72. The molecule has 0 bridgehead atoms. The third kappa shape index (κ3) is 6.17. The summed E-state index contributed by atoms with van der Waals surface area (Å²) in [5, 5.41) is 6.96. The van der Waals surface area contributed by atoms with Crippen LogP contribution in [0.3, 0.4) is 0 Å². The summed E-state index contributed by atoms with van der Waals surface area (Å²) in [6.45, 7) is 8.03. The molecule has 0 spiro atoms. The van der Waals surface area contributed by atoms with Gasteiger partial charge < -0.3 is 25.2 Å². The molecule has 0 aliphatic carbocycles. The average molecular weight is 407 g/mol. The lowest BCUT2D eigenvalue weighted by atomic mass is 10.0. The Balaban J connectivity index is 1.73. The van der Waals surface area contributed by atoms with Crippen molar-refractivity contribution in [1.82, 2.24) is 15.3 Å². The van der Waals surface area contributed by atoms with Crippen molar-refractivity contribution < 1.29 is 4.74 Å². The van der Waals surface area contributed by atoms with Crippen LogP contribution in [0, 0.1) is 5.92 Å². The molecule has 2 aliphatic rings. The van der Waals surface area contributed by atoms with E-state index in [4.69, 9.17) is 26.9 Å². The fourth-order valence-electron chi connectivity index (χ4n) is 3.89. The topological polar surface area (TPSA) is 65.6 Å². The Morgan fingerprint density at radius 2 is 1.86 bits per heavy atom. The molecule has 1 aromatic heterocycles. The van der Waals surface area contributed by atoms with Gasteiger partial charge in [-0.3, -0.25) is 0 Å². The van der Waals surface area contributed by atoms with Gasteiger partial charge in [0.25, 0.3) is 0 Å². The summed E-state index contributed by atoms with van der Waals surface area (Å²) in [4.78, 5) is 14.3. The second kappa shape index (κ2) is 10.8. The van der Waals surface area contributed by atoms with Gasteiger partial charge in [0.15, 0.2) is 5.11 Å². The van der Waals surface area contributed by atoms with Crippen LogP contribution in [-0.4, -0.2) is 61.5 Å². The van der Waals surface area contributed by atoms with Crippen molar-refractivity contribution in [2.45, 2.75) is 45.4 Å². The first-order valence-electron chi connectivity index (χ1n) is 10.6. The molecule has 3 rings (SSSR count). The summed E-state index contributed by atoms with van der Waals surface area (Å²) in [7, 11) is 1.71. The lowest BCUT2D eigenvalue weighted by molar-refractivity contribution is 0.196. The highest BCUT2D eigenvalue weighted by Crippen LogP contribution is 2.27. The molecule has 2 aliphatic heterocycles. The number of ether oxygens (including phenoxy) is 1. The minimum Gasteiger partial charge on any atom is -0.385 e. The van der Waals surface area contributed by atoms with Gasteiger partial charge in [-0.15, -0.1) is 0 Å². The molecule has 0 aromatic carbocycles. The predicted octanol–water partition coefficient (Wildman–Crippen LogP) is 3.03. The Labute approximate surface area is 174 Å². The van der Waals surface area contributed by atoms with E-state index >= 15 is 0 Å². The molecule has 2 fully saturated rings. The van der Waals surface area contributed by atoms with Gasteiger partial charge in [-0.05, 0) is 56.7 Å². The molecule has 1 aromatic rings. The highest BCUT2D eigenvalue weighted by Gasteiger charge is 2.21. The van der Waals surface area contributed by atoms with Crippen molar-refractivity contribution in [2.75, 3.05) is 61.6 Å². The first-order valence-corrected chi connectivity index (χ1v) is 11.0. The van der Waals surface area contributed by atoms with Crippen LogP contribution >= 0.6 is 12.2 Å². The minimum absolute atomic E-state index is 0.560. The number of thiocarbonyl (C=S) groups is 1. The van der Waals surface area contributed by atoms with Gasteiger partial charge in [0, 0.05) is 52.5 Å². The van der Waals surface area contributed by atoms with Crippen LogP contribution < -0.4 is 20.4 Å². The lowest BCUT2D eigenvalue weighted by Gasteiger charge is -2.33. The summed E-state index contributed by atoms with van der Waals surface area (Å²) in [5.41, 5.74) is 0. The second-order valence-electron chi connectivity index (χ2n) is 7.88. The molecule has 2 N–H and O–H groups in total. The monoisotopic (exact) mass is 406 g/mol. The quantitative estimate of drug-likeness (QED) is 0.529. The number of rotatable bonds is 7. The number of nitrogens with one attached hydrogen (secondary N) is 2. The van der Waals surface area contributed by atoms with E-state index in [2.05, 4.69) is 33.4 Å². The Hall–Kier alpha value is -1.67. The first kappa shape index (κ1) is 21.0. The van der Waals surface area contributed by atoms with Gasteiger partial charge in [0.1, 0.15) is 11.6 Å². The van der Waals surface area contributed by atoms with Crippen molar-refractivity contribution >= 4 is 34.9 Å².